The highest BCUT2D eigenvalue weighted by molar-refractivity contribution is 9.10. The molecule has 19 heavy (non-hydrogen) atoms. The molecule has 1 aliphatic carbocycles. The molecule has 104 valence electrons. The third-order valence-electron chi connectivity index (χ3n) is 3.94. The van der Waals surface area contributed by atoms with Crippen molar-refractivity contribution in [2.75, 3.05) is 14.2 Å². The number of methoxy groups -OCH3 is 2. The van der Waals surface area contributed by atoms with Crippen LogP contribution in [0.15, 0.2) is 16.6 Å². The van der Waals surface area contributed by atoms with Gasteiger partial charge in [-0.05, 0) is 46.8 Å². The monoisotopic (exact) mass is 326 g/mol. The lowest BCUT2D eigenvalue weighted by atomic mass is 9.89. The van der Waals surface area contributed by atoms with E-state index in [0.717, 1.165) is 23.7 Å². The standard InChI is InChI=1S/C15H19BrO3/c1-9-5-4-6-10(9)15(17)11-7-14(19-3)12(16)8-13(11)18-2/h7-10H,4-6H2,1-3H3. The molecule has 0 aromatic heterocycles. The highest BCUT2D eigenvalue weighted by Gasteiger charge is 2.32. The van der Waals surface area contributed by atoms with Gasteiger partial charge in [0.15, 0.2) is 5.78 Å². The van der Waals surface area contributed by atoms with Crippen LogP contribution >= 0.6 is 15.9 Å². The molecular weight excluding hydrogens is 308 g/mol. The quantitative estimate of drug-likeness (QED) is 0.782. The molecule has 0 saturated heterocycles. The SMILES string of the molecule is COc1cc(C(=O)C2CCCC2C)c(OC)cc1Br. The van der Waals surface area contributed by atoms with Crippen molar-refractivity contribution in [2.45, 2.75) is 26.2 Å². The minimum Gasteiger partial charge on any atom is -0.496 e. The van der Waals surface area contributed by atoms with Crippen LogP contribution in [0, 0.1) is 11.8 Å². The van der Waals surface area contributed by atoms with E-state index in [-0.39, 0.29) is 11.7 Å². The van der Waals surface area contributed by atoms with Crippen LogP contribution in [0.4, 0.5) is 0 Å². The largest absolute Gasteiger partial charge is 0.496 e. The Morgan fingerprint density at radius 2 is 1.89 bits per heavy atom. The number of Topliss-reactive ketones (excluding diaryl/α,β-unsaturated/α-hetero) is 1. The Morgan fingerprint density at radius 3 is 2.42 bits per heavy atom. The first-order valence-electron chi connectivity index (χ1n) is 6.54. The Balaban J connectivity index is 2.39. The molecular formula is C15H19BrO3. The van der Waals surface area contributed by atoms with E-state index < -0.39 is 0 Å². The molecule has 1 saturated carbocycles. The number of ketones is 1. The minimum absolute atomic E-state index is 0.111. The van der Waals surface area contributed by atoms with E-state index in [1.807, 2.05) is 0 Å². The Labute approximate surface area is 122 Å². The summed E-state index contributed by atoms with van der Waals surface area (Å²) in [6.07, 6.45) is 3.24. The summed E-state index contributed by atoms with van der Waals surface area (Å²) in [5.74, 6) is 2.01. The van der Waals surface area contributed by atoms with E-state index >= 15 is 0 Å². The number of rotatable bonds is 4. The molecule has 0 amide bonds. The lowest BCUT2D eigenvalue weighted by molar-refractivity contribution is 0.0893. The molecule has 4 heteroatoms. The summed E-state index contributed by atoms with van der Waals surface area (Å²) in [6, 6.07) is 3.57. The predicted molar refractivity (Wildman–Crippen MR) is 78.1 cm³/mol. The lowest BCUT2D eigenvalue weighted by Crippen LogP contribution is -2.18. The van der Waals surface area contributed by atoms with E-state index in [1.165, 1.54) is 0 Å². The first kappa shape index (κ1) is 14.4. The molecule has 0 aliphatic heterocycles. The number of hydrogen-bond acceptors (Lipinski definition) is 3. The number of halogens is 1. The maximum atomic E-state index is 12.7. The maximum absolute atomic E-state index is 12.7. The van der Waals surface area contributed by atoms with Crippen LogP contribution in [0.5, 0.6) is 11.5 Å². The summed E-state index contributed by atoms with van der Waals surface area (Å²) in [5.41, 5.74) is 0.626. The predicted octanol–water partition coefficient (Wildman–Crippen LogP) is 4.09. The molecule has 2 rings (SSSR count). The molecule has 1 aromatic rings. The van der Waals surface area contributed by atoms with Crippen molar-refractivity contribution < 1.29 is 14.3 Å². The highest BCUT2D eigenvalue weighted by atomic mass is 79.9. The van der Waals surface area contributed by atoms with Crippen molar-refractivity contribution in [1.29, 1.82) is 0 Å². The summed E-state index contributed by atoms with van der Waals surface area (Å²) in [7, 11) is 3.18. The van der Waals surface area contributed by atoms with E-state index in [1.54, 1.807) is 26.4 Å². The van der Waals surface area contributed by atoms with Gasteiger partial charge < -0.3 is 9.47 Å². The molecule has 2 atom stereocenters. The molecule has 0 radical (unpaired) electrons. The average Bonchev–Trinajstić information content (AvgIpc) is 2.83. The number of ether oxygens (including phenoxy) is 2. The van der Waals surface area contributed by atoms with Gasteiger partial charge in [-0.2, -0.15) is 0 Å². The number of carbonyl (C=O) groups excluding carboxylic acids is 1. The van der Waals surface area contributed by atoms with E-state index in [0.29, 0.717) is 23.0 Å². The third kappa shape index (κ3) is 2.78. The smallest absolute Gasteiger partial charge is 0.170 e. The zero-order valence-corrected chi connectivity index (χ0v) is 13.1. The van der Waals surface area contributed by atoms with Gasteiger partial charge in [-0.3, -0.25) is 4.79 Å². The van der Waals surface area contributed by atoms with Gasteiger partial charge in [-0.1, -0.05) is 13.3 Å². The molecule has 1 aromatic carbocycles. The van der Waals surface area contributed by atoms with Gasteiger partial charge in [0.05, 0.1) is 24.3 Å². The van der Waals surface area contributed by atoms with Gasteiger partial charge in [-0.25, -0.2) is 0 Å². The highest BCUT2D eigenvalue weighted by Crippen LogP contribution is 2.38. The van der Waals surface area contributed by atoms with Crippen LogP contribution in [0.1, 0.15) is 36.5 Å². The Bertz CT molecular complexity index is 485. The maximum Gasteiger partial charge on any atom is 0.170 e. The fourth-order valence-electron chi connectivity index (χ4n) is 2.79. The molecule has 3 nitrogen and oxygen atoms in total. The van der Waals surface area contributed by atoms with Crippen LogP contribution in [0.25, 0.3) is 0 Å². The summed E-state index contributed by atoms with van der Waals surface area (Å²) in [5, 5.41) is 0. The fourth-order valence-corrected chi connectivity index (χ4v) is 3.27. The van der Waals surface area contributed by atoms with Gasteiger partial charge in [0.1, 0.15) is 11.5 Å². The van der Waals surface area contributed by atoms with Gasteiger partial charge in [0.2, 0.25) is 0 Å². The average molecular weight is 327 g/mol. The number of benzene rings is 1. The molecule has 1 fully saturated rings. The van der Waals surface area contributed by atoms with Gasteiger partial charge in [0.25, 0.3) is 0 Å². The normalized spacial score (nSPS) is 22.3. The van der Waals surface area contributed by atoms with Crippen molar-refractivity contribution in [3.05, 3.63) is 22.2 Å². The Kier molecular flexibility index (Phi) is 4.50. The molecule has 1 aliphatic rings. The zero-order chi connectivity index (χ0) is 14.0. The van der Waals surface area contributed by atoms with Crippen molar-refractivity contribution >= 4 is 21.7 Å². The van der Waals surface area contributed by atoms with Crippen molar-refractivity contribution in [1.82, 2.24) is 0 Å². The first-order valence-corrected chi connectivity index (χ1v) is 7.33. The summed E-state index contributed by atoms with van der Waals surface area (Å²) < 4.78 is 11.4. The Hall–Kier alpha value is -1.03. The molecule has 2 unspecified atom stereocenters. The second-order valence-electron chi connectivity index (χ2n) is 5.07. The van der Waals surface area contributed by atoms with E-state index in [2.05, 4.69) is 22.9 Å². The number of carbonyl (C=O) groups is 1. The third-order valence-corrected chi connectivity index (χ3v) is 4.56. The van der Waals surface area contributed by atoms with Crippen molar-refractivity contribution in [3.8, 4) is 11.5 Å². The van der Waals surface area contributed by atoms with E-state index in [4.69, 9.17) is 9.47 Å². The van der Waals surface area contributed by atoms with Crippen LogP contribution in [-0.4, -0.2) is 20.0 Å². The van der Waals surface area contributed by atoms with E-state index in [9.17, 15) is 4.79 Å². The fraction of sp³-hybridized carbons (Fsp3) is 0.533. The molecule has 0 N–H and O–H groups in total. The van der Waals surface area contributed by atoms with Gasteiger partial charge >= 0.3 is 0 Å². The summed E-state index contributed by atoms with van der Waals surface area (Å²) >= 11 is 3.41. The summed E-state index contributed by atoms with van der Waals surface area (Å²) in [6.45, 7) is 2.15. The second-order valence-corrected chi connectivity index (χ2v) is 5.92. The molecule has 0 bridgehead atoms. The van der Waals surface area contributed by atoms with Gasteiger partial charge in [0, 0.05) is 5.92 Å². The van der Waals surface area contributed by atoms with Crippen LogP contribution < -0.4 is 9.47 Å². The summed E-state index contributed by atoms with van der Waals surface area (Å²) in [4.78, 5) is 12.7. The lowest BCUT2D eigenvalue weighted by Gasteiger charge is -2.17. The second kappa shape index (κ2) is 5.95. The van der Waals surface area contributed by atoms with Crippen LogP contribution in [0.2, 0.25) is 0 Å². The molecule has 0 spiro atoms. The topological polar surface area (TPSA) is 35.5 Å². The van der Waals surface area contributed by atoms with Crippen molar-refractivity contribution in [2.24, 2.45) is 11.8 Å². The molecule has 0 heterocycles. The van der Waals surface area contributed by atoms with Gasteiger partial charge in [-0.15, -0.1) is 0 Å². The Morgan fingerprint density at radius 1 is 1.21 bits per heavy atom. The minimum atomic E-state index is 0.111. The first-order chi connectivity index (χ1) is 9.08. The number of hydrogen-bond donors (Lipinski definition) is 0. The van der Waals surface area contributed by atoms with Crippen LogP contribution in [-0.2, 0) is 0 Å². The van der Waals surface area contributed by atoms with Crippen LogP contribution in [0.3, 0.4) is 0 Å². The zero-order valence-electron chi connectivity index (χ0n) is 11.5. The van der Waals surface area contributed by atoms with Crippen molar-refractivity contribution in [3.63, 3.8) is 0 Å².